The largest absolute Gasteiger partial charge is 0.384 e. The zero-order chi connectivity index (χ0) is 11.1. The topological polar surface area (TPSA) is 20.2 Å². The van der Waals surface area contributed by atoms with Crippen LogP contribution < -0.4 is 0 Å². The molecule has 1 fully saturated rings. The van der Waals surface area contributed by atoms with Gasteiger partial charge in [0.2, 0.25) is 0 Å². The highest BCUT2D eigenvalue weighted by Gasteiger charge is 2.52. The van der Waals surface area contributed by atoms with E-state index in [0.29, 0.717) is 5.92 Å². The lowest BCUT2D eigenvalue weighted by Crippen LogP contribution is -2.42. The summed E-state index contributed by atoms with van der Waals surface area (Å²) >= 11 is 0. The Labute approximate surface area is 92.1 Å². The maximum absolute atomic E-state index is 11.0. The van der Waals surface area contributed by atoms with E-state index in [2.05, 4.69) is 20.8 Å². The van der Waals surface area contributed by atoms with Crippen LogP contribution in [0.4, 0.5) is 0 Å². The normalized spacial score (nSPS) is 21.1. The molecule has 1 unspecified atom stereocenters. The molecule has 82 valence electrons. The molecule has 0 heterocycles. The molecule has 1 heteroatoms. The summed E-state index contributed by atoms with van der Waals surface area (Å²) in [5.41, 5.74) is 0.309. The molecule has 0 radical (unpaired) electrons. The Kier molecular flexibility index (Phi) is 2.38. The van der Waals surface area contributed by atoms with Crippen molar-refractivity contribution < 1.29 is 5.11 Å². The molecule has 1 nitrogen and oxygen atoms in total. The Balaban J connectivity index is 2.44. The standard InChI is InChI=1S/C14H20O/c1-13(2,3)14(15,12-9-10-12)11-7-5-4-6-8-11/h4-8,12,15H,9-10H2,1-3H3. The third-order valence-corrected chi connectivity index (χ3v) is 3.53. The lowest BCUT2D eigenvalue weighted by atomic mass is 9.69. The monoisotopic (exact) mass is 204 g/mol. The van der Waals surface area contributed by atoms with Gasteiger partial charge in [-0.25, -0.2) is 0 Å². The molecule has 0 aliphatic heterocycles. The number of hydrogen-bond donors (Lipinski definition) is 1. The van der Waals surface area contributed by atoms with Gasteiger partial charge < -0.3 is 5.11 Å². The molecule has 0 saturated heterocycles. The number of aliphatic hydroxyl groups is 1. The highest BCUT2D eigenvalue weighted by molar-refractivity contribution is 5.27. The van der Waals surface area contributed by atoms with Gasteiger partial charge in [-0.1, -0.05) is 51.1 Å². The predicted octanol–water partition coefficient (Wildman–Crippen LogP) is 3.33. The van der Waals surface area contributed by atoms with Crippen molar-refractivity contribution in [3.8, 4) is 0 Å². The maximum atomic E-state index is 11.0. The molecule has 15 heavy (non-hydrogen) atoms. The van der Waals surface area contributed by atoms with Crippen LogP contribution in [0.15, 0.2) is 30.3 Å². The summed E-state index contributed by atoms with van der Waals surface area (Å²) in [5, 5.41) is 11.0. The molecule has 0 aromatic heterocycles. The van der Waals surface area contributed by atoms with Crippen molar-refractivity contribution in [2.75, 3.05) is 0 Å². The number of benzene rings is 1. The summed E-state index contributed by atoms with van der Waals surface area (Å²) in [7, 11) is 0. The van der Waals surface area contributed by atoms with E-state index in [9.17, 15) is 5.11 Å². The number of hydrogen-bond acceptors (Lipinski definition) is 1. The van der Waals surface area contributed by atoms with E-state index in [1.807, 2.05) is 30.3 Å². The second-order valence-corrected chi connectivity index (χ2v) is 5.66. The van der Waals surface area contributed by atoms with E-state index in [4.69, 9.17) is 0 Å². The van der Waals surface area contributed by atoms with Crippen molar-refractivity contribution in [1.29, 1.82) is 0 Å². The van der Waals surface area contributed by atoms with Gasteiger partial charge in [-0.15, -0.1) is 0 Å². The van der Waals surface area contributed by atoms with E-state index < -0.39 is 5.60 Å². The minimum absolute atomic E-state index is 0.102. The maximum Gasteiger partial charge on any atom is 0.0972 e. The van der Waals surface area contributed by atoms with Crippen LogP contribution >= 0.6 is 0 Å². The van der Waals surface area contributed by atoms with Gasteiger partial charge in [-0.2, -0.15) is 0 Å². The van der Waals surface area contributed by atoms with Gasteiger partial charge in [0.05, 0.1) is 5.60 Å². The summed E-state index contributed by atoms with van der Waals surface area (Å²) in [6.45, 7) is 6.37. The first-order chi connectivity index (χ1) is 6.96. The highest BCUT2D eigenvalue weighted by Crippen LogP contribution is 2.54. The zero-order valence-electron chi connectivity index (χ0n) is 9.83. The second-order valence-electron chi connectivity index (χ2n) is 5.66. The van der Waals surface area contributed by atoms with Gasteiger partial charge in [0, 0.05) is 0 Å². The van der Waals surface area contributed by atoms with Crippen molar-refractivity contribution in [3.05, 3.63) is 35.9 Å². The summed E-state index contributed by atoms with van der Waals surface area (Å²) in [6, 6.07) is 10.1. The molecule has 0 bridgehead atoms. The molecule has 0 spiro atoms. The molecule has 1 N–H and O–H groups in total. The van der Waals surface area contributed by atoms with E-state index in [-0.39, 0.29) is 5.41 Å². The third-order valence-electron chi connectivity index (χ3n) is 3.53. The quantitative estimate of drug-likeness (QED) is 0.783. The lowest BCUT2D eigenvalue weighted by molar-refractivity contribution is -0.0839. The summed E-state index contributed by atoms with van der Waals surface area (Å²) in [4.78, 5) is 0. The summed E-state index contributed by atoms with van der Waals surface area (Å²) in [6.07, 6.45) is 2.31. The van der Waals surface area contributed by atoms with E-state index in [1.165, 1.54) is 0 Å². The van der Waals surface area contributed by atoms with Gasteiger partial charge in [0.1, 0.15) is 0 Å². The third kappa shape index (κ3) is 1.69. The van der Waals surface area contributed by atoms with Crippen LogP contribution in [0.2, 0.25) is 0 Å². The lowest BCUT2D eigenvalue weighted by Gasteiger charge is -2.41. The molecule has 1 aromatic carbocycles. The van der Waals surface area contributed by atoms with Crippen molar-refractivity contribution >= 4 is 0 Å². The molecular formula is C14H20O. The molecular weight excluding hydrogens is 184 g/mol. The van der Waals surface area contributed by atoms with E-state index in [0.717, 1.165) is 18.4 Å². The fraction of sp³-hybridized carbons (Fsp3) is 0.571. The van der Waals surface area contributed by atoms with Gasteiger partial charge >= 0.3 is 0 Å². The minimum atomic E-state index is -0.658. The van der Waals surface area contributed by atoms with Gasteiger partial charge in [-0.05, 0) is 29.7 Å². The minimum Gasteiger partial charge on any atom is -0.384 e. The summed E-state index contributed by atoms with van der Waals surface area (Å²) < 4.78 is 0. The van der Waals surface area contributed by atoms with Crippen LogP contribution in [0.1, 0.15) is 39.2 Å². The van der Waals surface area contributed by atoms with Gasteiger partial charge in [-0.3, -0.25) is 0 Å². The average Bonchev–Trinajstić information content (AvgIpc) is 2.99. The Morgan fingerprint density at radius 3 is 2.00 bits per heavy atom. The molecule has 0 amide bonds. The van der Waals surface area contributed by atoms with Crippen LogP contribution in [0, 0.1) is 11.3 Å². The first kappa shape index (κ1) is 10.7. The average molecular weight is 204 g/mol. The SMILES string of the molecule is CC(C)(C)C(O)(c1ccccc1)C1CC1. The predicted molar refractivity (Wildman–Crippen MR) is 62.5 cm³/mol. The second kappa shape index (κ2) is 3.34. The Hall–Kier alpha value is -0.820. The molecule has 1 aromatic rings. The van der Waals surface area contributed by atoms with Gasteiger partial charge in [0.15, 0.2) is 0 Å². The van der Waals surface area contributed by atoms with Crippen LogP contribution in [0.5, 0.6) is 0 Å². The van der Waals surface area contributed by atoms with Crippen molar-refractivity contribution in [3.63, 3.8) is 0 Å². The van der Waals surface area contributed by atoms with Crippen LogP contribution in [0.25, 0.3) is 0 Å². The molecule has 1 atom stereocenters. The molecule has 1 aliphatic rings. The van der Waals surface area contributed by atoms with Crippen LogP contribution in [0.3, 0.4) is 0 Å². The van der Waals surface area contributed by atoms with Crippen LogP contribution in [-0.4, -0.2) is 5.11 Å². The Bertz CT molecular complexity index is 332. The first-order valence-corrected chi connectivity index (χ1v) is 5.74. The smallest absolute Gasteiger partial charge is 0.0972 e. The van der Waals surface area contributed by atoms with E-state index >= 15 is 0 Å². The van der Waals surface area contributed by atoms with Crippen molar-refractivity contribution in [1.82, 2.24) is 0 Å². The van der Waals surface area contributed by atoms with Gasteiger partial charge in [0.25, 0.3) is 0 Å². The molecule has 1 aliphatic carbocycles. The fourth-order valence-electron chi connectivity index (χ4n) is 2.47. The highest BCUT2D eigenvalue weighted by atomic mass is 16.3. The zero-order valence-corrected chi connectivity index (χ0v) is 9.83. The Morgan fingerprint density at radius 1 is 1.07 bits per heavy atom. The molecule has 2 rings (SSSR count). The van der Waals surface area contributed by atoms with Crippen molar-refractivity contribution in [2.24, 2.45) is 11.3 Å². The van der Waals surface area contributed by atoms with Crippen molar-refractivity contribution in [2.45, 2.75) is 39.2 Å². The Morgan fingerprint density at radius 2 is 1.60 bits per heavy atom. The van der Waals surface area contributed by atoms with E-state index in [1.54, 1.807) is 0 Å². The fourth-order valence-corrected chi connectivity index (χ4v) is 2.47. The summed E-state index contributed by atoms with van der Waals surface area (Å²) in [5.74, 6) is 0.444. The van der Waals surface area contributed by atoms with Crippen LogP contribution in [-0.2, 0) is 5.60 Å². The number of rotatable bonds is 2. The first-order valence-electron chi connectivity index (χ1n) is 5.74. The molecule has 1 saturated carbocycles.